The Labute approximate surface area is 205 Å². The zero-order chi connectivity index (χ0) is 24.4. The van der Waals surface area contributed by atoms with Gasteiger partial charge in [-0.1, -0.05) is 61.4 Å². The molecule has 2 aromatic rings. The third-order valence-corrected chi connectivity index (χ3v) is 7.95. The highest BCUT2D eigenvalue weighted by Crippen LogP contribution is 2.45. The largest absolute Gasteiger partial charge is 0.481 e. The van der Waals surface area contributed by atoms with Crippen LogP contribution in [0.3, 0.4) is 0 Å². The van der Waals surface area contributed by atoms with Crippen molar-refractivity contribution in [3.8, 4) is 11.1 Å². The zero-order valence-electron chi connectivity index (χ0n) is 19.8. The van der Waals surface area contributed by atoms with E-state index in [0.29, 0.717) is 12.8 Å². The van der Waals surface area contributed by atoms with E-state index in [1.54, 1.807) is 0 Å². The number of carboxylic acid groups (broad SMARTS) is 1. The second-order valence-corrected chi connectivity index (χ2v) is 10.2. The second kappa shape index (κ2) is 9.72. The molecule has 3 aliphatic rings. The number of ether oxygens (including phenoxy) is 1. The lowest BCUT2D eigenvalue weighted by Gasteiger charge is -2.25. The van der Waals surface area contributed by atoms with Crippen LogP contribution in [-0.4, -0.2) is 42.3 Å². The molecule has 7 nitrogen and oxygen atoms in total. The van der Waals surface area contributed by atoms with Crippen molar-refractivity contribution >= 4 is 18.0 Å². The minimum atomic E-state index is -0.859. The van der Waals surface area contributed by atoms with Crippen molar-refractivity contribution in [2.45, 2.75) is 56.9 Å². The van der Waals surface area contributed by atoms with Crippen LogP contribution < -0.4 is 10.6 Å². The van der Waals surface area contributed by atoms with E-state index in [9.17, 15) is 19.5 Å². The number of benzene rings is 2. The van der Waals surface area contributed by atoms with Crippen LogP contribution >= 0.6 is 0 Å². The number of hydrogen-bond acceptors (Lipinski definition) is 4. The fourth-order valence-corrected chi connectivity index (χ4v) is 5.64. The number of carboxylic acids is 1. The van der Waals surface area contributed by atoms with Crippen molar-refractivity contribution in [1.29, 1.82) is 0 Å². The summed E-state index contributed by atoms with van der Waals surface area (Å²) in [4.78, 5) is 36.9. The number of carbonyl (C=O) groups excluding carboxylic acids is 2. The first-order valence-electron chi connectivity index (χ1n) is 12.6. The number of aliphatic carboxylic acids is 1. The van der Waals surface area contributed by atoms with Crippen LogP contribution in [0.2, 0.25) is 0 Å². The van der Waals surface area contributed by atoms with E-state index in [1.165, 1.54) is 11.1 Å². The minimum absolute atomic E-state index is 0.0212. The van der Waals surface area contributed by atoms with Gasteiger partial charge in [-0.2, -0.15) is 0 Å². The maximum absolute atomic E-state index is 12.8. The summed E-state index contributed by atoms with van der Waals surface area (Å²) in [6.45, 7) is 0.369. The molecule has 0 spiro atoms. The number of nitrogens with one attached hydrogen (secondary N) is 2. The van der Waals surface area contributed by atoms with E-state index in [1.807, 2.05) is 24.3 Å². The van der Waals surface area contributed by atoms with Crippen LogP contribution in [0.1, 0.15) is 62.0 Å². The number of carbonyl (C=O) groups is 3. The summed E-state index contributed by atoms with van der Waals surface area (Å²) >= 11 is 0. The fourth-order valence-electron chi connectivity index (χ4n) is 5.64. The van der Waals surface area contributed by atoms with Crippen molar-refractivity contribution in [1.82, 2.24) is 10.6 Å². The third-order valence-electron chi connectivity index (χ3n) is 7.95. The monoisotopic (exact) mass is 476 g/mol. The number of hydrogen-bond donors (Lipinski definition) is 3. The van der Waals surface area contributed by atoms with Gasteiger partial charge in [0.05, 0.1) is 5.41 Å². The maximum Gasteiger partial charge on any atom is 0.407 e. The summed E-state index contributed by atoms with van der Waals surface area (Å²) < 4.78 is 5.71. The fraction of sp³-hybridized carbons (Fsp3) is 0.464. The summed E-state index contributed by atoms with van der Waals surface area (Å²) in [6.07, 6.45) is 4.88. The quantitative estimate of drug-likeness (QED) is 0.496. The third kappa shape index (κ3) is 4.90. The van der Waals surface area contributed by atoms with Crippen LogP contribution in [0.5, 0.6) is 0 Å². The Morgan fingerprint density at radius 1 is 0.971 bits per heavy atom. The van der Waals surface area contributed by atoms with Crippen LogP contribution in [0.4, 0.5) is 4.79 Å². The van der Waals surface area contributed by atoms with E-state index in [-0.39, 0.29) is 43.4 Å². The lowest BCUT2D eigenvalue weighted by Crippen LogP contribution is -2.44. The number of rotatable bonds is 9. The summed E-state index contributed by atoms with van der Waals surface area (Å²) in [5.41, 5.74) is 3.85. The predicted octanol–water partition coefficient (Wildman–Crippen LogP) is 4.46. The molecule has 0 radical (unpaired) electrons. The highest BCUT2D eigenvalue weighted by Gasteiger charge is 2.50. The smallest absolute Gasteiger partial charge is 0.407 e. The van der Waals surface area contributed by atoms with Crippen LogP contribution in [0.25, 0.3) is 11.1 Å². The molecule has 35 heavy (non-hydrogen) atoms. The van der Waals surface area contributed by atoms with E-state index in [4.69, 9.17) is 4.74 Å². The summed E-state index contributed by atoms with van der Waals surface area (Å²) in [6, 6.07) is 16.1. The molecular weight excluding hydrogens is 444 g/mol. The summed E-state index contributed by atoms with van der Waals surface area (Å²) in [5.74, 6) is -0.891. The highest BCUT2D eigenvalue weighted by atomic mass is 16.5. The Balaban J connectivity index is 1.20. The first-order valence-corrected chi connectivity index (χ1v) is 12.6. The zero-order valence-corrected chi connectivity index (χ0v) is 19.8. The lowest BCUT2D eigenvalue weighted by atomic mass is 9.95. The maximum atomic E-state index is 12.8. The molecule has 0 bridgehead atoms. The molecule has 0 aliphatic heterocycles. The van der Waals surface area contributed by atoms with Crippen molar-refractivity contribution < 1.29 is 24.2 Å². The number of alkyl carbamates (subject to hydrolysis) is 1. The molecule has 1 unspecified atom stereocenters. The first-order chi connectivity index (χ1) is 17.0. The first kappa shape index (κ1) is 23.4. The van der Waals surface area contributed by atoms with Gasteiger partial charge in [-0.15, -0.1) is 0 Å². The molecule has 2 fully saturated rings. The average Bonchev–Trinajstić information content (AvgIpc) is 3.33. The molecule has 5 rings (SSSR count). The summed E-state index contributed by atoms with van der Waals surface area (Å²) in [5, 5.41) is 15.1. The van der Waals surface area contributed by atoms with Gasteiger partial charge in [-0.3, -0.25) is 9.59 Å². The number of fused-ring (bicyclic) bond motifs is 3. The topological polar surface area (TPSA) is 105 Å². The Morgan fingerprint density at radius 3 is 2.14 bits per heavy atom. The van der Waals surface area contributed by atoms with E-state index < -0.39 is 17.5 Å². The predicted molar refractivity (Wildman–Crippen MR) is 131 cm³/mol. The van der Waals surface area contributed by atoms with E-state index in [2.05, 4.69) is 34.9 Å². The Kier molecular flexibility index (Phi) is 6.50. The van der Waals surface area contributed by atoms with Gasteiger partial charge in [0.1, 0.15) is 6.61 Å². The molecule has 2 saturated carbocycles. The van der Waals surface area contributed by atoms with Crippen molar-refractivity contribution in [2.75, 3.05) is 13.2 Å². The van der Waals surface area contributed by atoms with Gasteiger partial charge in [-0.05, 0) is 53.9 Å². The van der Waals surface area contributed by atoms with Gasteiger partial charge in [0.25, 0.3) is 0 Å². The Hall–Kier alpha value is -3.35. The normalized spacial score (nSPS) is 18.9. The van der Waals surface area contributed by atoms with Crippen molar-refractivity contribution in [2.24, 2.45) is 11.3 Å². The highest BCUT2D eigenvalue weighted by molar-refractivity contribution is 5.82. The average molecular weight is 477 g/mol. The molecule has 0 aromatic heterocycles. The molecule has 0 saturated heterocycles. The van der Waals surface area contributed by atoms with Crippen molar-refractivity contribution in [3.05, 3.63) is 59.7 Å². The minimum Gasteiger partial charge on any atom is -0.481 e. The molecule has 1 atom stereocenters. The van der Waals surface area contributed by atoms with Crippen LogP contribution in [0, 0.1) is 11.3 Å². The standard InChI is InChI=1S/C28H32N2O5/c31-25(29-17-28(13-14-28)26(32)33)15-24(18-7-1-2-8-18)30-27(34)35-16-23-21-11-5-3-9-19(21)20-10-4-6-12-22(20)23/h3-6,9-12,18,23-24H,1-2,7-8,13-17H2,(H,29,31)(H,30,34)(H,32,33). The SMILES string of the molecule is O=C(CC(NC(=O)OCC1c2ccccc2-c2ccccc21)C1CCCC1)NCC1(C(=O)O)CC1. The second-order valence-electron chi connectivity index (χ2n) is 10.2. The van der Waals surface area contributed by atoms with Crippen LogP contribution in [0.15, 0.2) is 48.5 Å². The summed E-state index contributed by atoms with van der Waals surface area (Å²) in [7, 11) is 0. The van der Waals surface area contributed by atoms with E-state index in [0.717, 1.165) is 36.8 Å². The Morgan fingerprint density at radius 2 is 1.57 bits per heavy atom. The number of amides is 2. The van der Waals surface area contributed by atoms with Gasteiger partial charge in [-0.25, -0.2) is 4.79 Å². The molecule has 3 N–H and O–H groups in total. The van der Waals surface area contributed by atoms with Gasteiger partial charge in [0, 0.05) is 24.9 Å². The van der Waals surface area contributed by atoms with Gasteiger partial charge in [0.2, 0.25) is 5.91 Å². The van der Waals surface area contributed by atoms with Crippen molar-refractivity contribution in [3.63, 3.8) is 0 Å². The molecule has 184 valence electrons. The Bertz CT molecular complexity index is 1070. The molecule has 2 aromatic carbocycles. The molecule has 2 amide bonds. The van der Waals surface area contributed by atoms with Gasteiger partial charge < -0.3 is 20.5 Å². The van der Waals surface area contributed by atoms with E-state index >= 15 is 0 Å². The lowest BCUT2D eigenvalue weighted by molar-refractivity contribution is -0.143. The van der Waals surface area contributed by atoms with Crippen LogP contribution in [-0.2, 0) is 14.3 Å². The molecule has 7 heteroatoms. The van der Waals surface area contributed by atoms with Gasteiger partial charge >= 0.3 is 12.1 Å². The van der Waals surface area contributed by atoms with Gasteiger partial charge in [0.15, 0.2) is 0 Å². The molecule has 3 aliphatic carbocycles. The molecule has 0 heterocycles. The molecular formula is C28H32N2O5.